The standard InChI is InChI=1S/C33H59NO5/c1-2-3-4-5-6-7-8-11-14-17-21-28(35)30-24-25-31(39-30)29(36)22-18-15-12-9-10-13-16-19-26-34-33(37)32-23-20-27-38-32/h20,23,27-31,35-36H,2-19,21-22,24-26H2,1H3,(H,34,37)/t28-,29-,30-,31-/m1/s1. The topological polar surface area (TPSA) is 91.9 Å². The minimum Gasteiger partial charge on any atom is -0.459 e. The van der Waals surface area contributed by atoms with Crippen molar-refractivity contribution in [2.45, 2.75) is 173 Å². The van der Waals surface area contributed by atoms with Crippen LogP contribution in [0.25, 0.3) is 0 Å². The number of nitrogens with one attached hydrogen (secondary N) is 1. The van der Waals surface area contributed by atoms with Gasteiger partial charge in [-0.2, -0.15) is 0 Å². The lowest BCUT2D eigenvalue weighted by Crippen LogP contribution is -2.31. The van der Waals surface area contributed by atoms with Crippen LogP contribution in [0.3, 0.4) is 0 Å². The highest BCUT2D eigenvalue weighted by Gasteiger charge is 2.33. The molecule has 0 saturated carbocycles. The van der Waals surface area contributed by atoms with Gasteiger partial charge in [-0.25, -0.2) is 0 Å². The number of hydrogen-bond acceptors (Lipinski definition) is 5. The number of carbonyl (C=O) groups excluding carboxylic acids is 1. The third-order valence-electron chi connectivity index (χ3n) is 8.25. The van der Waals surface area contributed by atoms with Gasteiger partial charge in [0, 0.05) is 6.54 Å². The van der Waals surface area contributed by atoms with Crippen LogP contribution in [0.4, 0.5) is 0 Å². The lowest BCUT2D eigenvalue weighted by atomic mass is 10.00. The van der Waals surface area contributed by atoms with Crippen molar-refractivity contribution in [3.63, 3.8) is 0 Å². The van der Waals surface area contributed by atoms with E-state index in [0.717, 1.165) is 57.8 Å². The fourth-order valence-corrected chi connectivity index (χ4v) is 5.70. The molecule has 226 valence electrons. The molecule has 39 heavy (non-hydrogen) atoms. The first-order chi connectivity index (χ1) is 19.1. The fraction of sp³-hybridized carbons (Fsp3) is 0.848. The first kappa shape index (κ1) is 33.8. The molecule has 1 aliphatic heterocycles. The smallest absolute Gasteiger partial charge is 0.286 e. The largest absolute Gasteiger partial charge is 0.459 e. The zero-order chi connectivity index (χ0) is 28.0. The summed E-state index contributed by atoms with van der Waals surface area (Å²) >= 11 is 0. The van der Waals surface area contributed by atoms with E-state index < -0.39 is 6.10 Å². The summed E-state index contributed by atoms with van der Waals surface area (Å²) in [4.78, 5) is 11.8. The molecule has 1 amide bonds. The molecular formula is C33H59NO5. The Hall–Kier alpha value is -1.37. The van der Waals surface area contributed by atoms with E-state index >= 15 is 0 Å². The molecule has 3 N–H and O–H groups in total. The number of ether oxygens (including phenoxy) is 1. The second-order valence-electron chi connectivity index (χ2n) is 11.7. The average molecular weight is 550 g/mol. The summed E-state index contributed by atoms with van der Waals surface area (Å²) < 4.78 is 11.2. The number of rotatable bonds is 25. The summed E-state index contributed by atoms with van der Waals surface area (Å²) in [6, 6.07) is 3.40. The molecule has 6 heteroatoms. The maximum absolute atomic E-state index is 11.8. The van der Waals surface area contributed by atoms with E-state index in [1.54, 1.807) is 12.1 Å². The van der Waals surface area contributed by atoms with Crippen molar-refractivity contribution in [1.29, 1.82) is 0 Å². The molecule has 0 aliphatic carbocycles. The maximum Gasteiger partial charge on any atom is 0.286 e. The Morgan fingerprint density at radius 2 is 1.23 bits per heavy atom. The minimum atomic E-state index is -0.407. The van der Waals surface area contributed by atoms with Gasteiger partial charge in [0.1, 0.15) is 0 Å². The molecule has 2 heterocycles. The van der Waals surface area contributed by atoms with Crippen LogP contribution in [0.15, 0.2) is 22.8 Å². The Morgan fingerprint density at radius 1 is 0.769 bits per heavy atom. The van der Waals surface area contributed by atoms with Crippen molar-refractivity contribution in [2.75, 3.05) is 6.54 Å². The first-order valence-corrected chi connectivity index (χ1v) is 16.4. The molecule has 0 bridgehead atoms. The number of aliphatic hydroxyl groups is 2. The molecule has 1 aromatic rings. The molecule has 0 unspecified atom stereocenters. The van der Waals surface area contributed by atoms with Crippen molar-refractivity contribution in [2.24, 2.45) is 0 Å². The Morgan fingerprint density at radius 3 is 1.69 bits per heavy atom. The fourth-order valence-electron chi connectivity index (χ4n) is 5.70. The Labute approximate surface area is 238 Å². The van der Waals surface area contributed by atoms with Crippen LogP contribution in [0, 0.1) is 0 Å². The van der Waals surface area contributed by atoms with E-state index in [9.17, 15) is 15.0 Å². The third kappa shape index (κ3) is 15.9. The highest BCUT2D eigenvalue weighted by Crippen LogP contribution is 2.28. The van der Waals surface area contributed by atoms with E-state index in [4.69, 9.17) is 9.15 Å². The molecule has 1 aliphatic rings. The Balaban J connectivity index is 1.36. The van der Waals surface area contributed by atoms with Crippen molar-refractivity contribution < 1.29 is 24.2 Å². The van der Waals surface area contributed by atoms with Crippen LogP contribution in [-0.4, -0.2) is 47.1 Å². The summed E-state index contributed by atoms with van der Waals surface area (Å²) in [5, 5.41) is 24.1. The van der Waals surface area contributed by atoms with Gasteiger partial charge in [0.2, 0.25) is 0 Å². The molecular weight excluding hydrogens is 490 g/mol. The van der Waals surface area contributed by atoms with Crippen molar-refractivity contribution in [3.8, 4) is 0 Å². The second kappa shape index (κ2) is 22.3. The molecule has 4 atom stereocenters. The summed E-state index contributed by atoms with van der Waals surface area (Å²) in [6.45, 7) is 2.96. The summed E-state index contributed by atoms with van der Waals surface area (Å²) in [5.41, 5.74) is 0. The van der Waals surface area contributed by atoms with Gasteiger partial charge < -0.3 is 24.7 Å². The van der Waals surface area contributed by atoms with E-state index in [-0.39, 0.29) is 24.2 Å². The van der Waals surface area contributed by atoms with Gasteiger partial charge in [-0.1, -0.05) is 116 Å². The van der Waals surface area contributed by atoms with Gasteiger partial charge in [0.15, 0.2) is 5.76 Å². The molecule has 1 fully saturated rings. The first-order valence-electron chi connectivity index (χ1n) is 16.4. The van der Waals surface area contributed by atoms with E-state index in [1.807, 2.05) is 0 Å². The zero-order valence-corrected chi connectivity index (χ0v) is 24.9. The van der Waals surface area contributed by atoms with Crippen molar-refractivity contribution in [1.82, 2.24) is 5.32 Å². The number of unbranched alkanes of at least 4 members (excludes halogenated alkanes) is 16. The summed E-state index contributed by atoms with van der Waals surface area (Å²) in [5.74, 6) is 0.234. The SMILES string of the molecule is CCCCCCCCCCCC[C@@H](O)[C@H]1CC[C@H]([C@H](O)CCCCCCCCCCNC(=O)c2ccco2)O1. The van der Waals surface area contributed by atoms with Gasteiger partial charge in [-0.15, -0.1) is 0 Å². The molecule has 1 saturated heterocycles. The predicted molar refractivity (Wildman–Crippen MR) is 159 cm³/mol. The zero-order valence-electron chi connectivity index (χ0n) is 24.9. The second-order valence-corrected chi connectivity index (χ2v) is 11.7. The lowest BCUT2D eigenvalue weighted by molar-refractivity contribution is -0.0786. The lowest BCUT2D eigenvalue weighted by Gasteiger charge is -2.22. The van der Waals surface area contributed by atoms with Crippen LogP contribution >= 0.6 is 0 Å². The number of aliphatic hydroxyl groups excluding tert-OH is 2. The van der Waals surface area contributed by atoms with Gasteiger partial charge in [-0.3, -0.25) is 4.79 Å². The minimum absolute atomic E-state index is 0.0957. The molecule has 0 aromatic carbocycles. The van der Waals surface area contributed by atoms with Gasteiger partial charge in [0.25, 0.3) is 5.91 Å². The highest BCUT2D eigenvalue weighted by molar-refractivity contribution is 5.91. The van der Waals surface area contributed by atoms with Crippen LogP contribution in [0.2, 0.25) is 0 Å². The van der Waals surface area contributed by atoms with Gasteiger partial charge in [-0.05, 0) is 44.2 Å². The third-order valence-corrected chi connectivity index (χ3v) is 8.25. The van der Waals surface area contributed by atoms with Crippen LogP contribution in [0.5, 0.6) is 0 Å². The molecule has 6 nitrogen and oxygen atoms in total. The average Bonchev–Trinajstić information content (AvgIpc) is 3.66. The number of hydrogen-bond donors (Lipinski definition) is 3. The molecule has 1 aromatic heterocycles. The summed E-state index contributed by atoms with van der Waals surface area (Å²) in [6.07, 6.45) is 26.1. The van der Waals surface area contributed by atoms with E-state index in [2.05, 4.69) is 12.2 Å². The van der Waals surface area contributed by atoms with Crippen LogP contribution in [-0.2, 0) is 4.74 Å². The predicted octanol–water partition coefficient (Wildman–Crippen LogP) is 8.10. The molecule has 0 radical (unpaired) electrons. The Bertz CT molecular complexity index is 694. The highest BCUT2D eigenvalue weighted by atomic mass is 16.5. The number of amides is 1. The normalized spacial score (nSPS) is 18.8. The summed E-state index contributed by atoms with van der Waals surface area (Å²) in [7, 11) is 0. The van der Waals surface area contributed by atoms with Gasteiger partial charge >= 0.3 is 0 Å². The van der Waals surface area contributed by atoms with Crippen LogP contribution < -0.4 is 5.32 Å². The van der Waals surface area contributed by atoms with E-state index in [0.29, 0.717) is 12.3 Å². The quantitative estimate of drug-likeness (QED) is 0.107. The molecule has 0 spiro atoms. The number of furan rings is 1. The van der Waals surface area contributed by atoms with Gasteiger partial charge in [0.05, 0.1) is 30.7 Å². The maximum atomic E-state index is 11.8. The van der Waals surface area contributed by atoms with Crippen LogP contribution in [0.1, 0.15) is 159 Å². The Kier molecular flexibility index (Phi) is 19.4. The monoisotopic (exact) mass is 549 g/mol. The van der Waals surface area contributed by atoms with Crippen molar-refractivity contribution in [3.05, 3.63) is 24.2 Å². The number of carbonyl (C=O) groups is 1. The molecule has 2 rings (SSSR count). The van der Waals surface area contributed by atoms with Crippen molar-refractivity contribution >= 4 is 5.91 Å². The van der Waals surface area contributed by atoms with E-state index in [1.165, 1.54) is 89.7 Å².